The van der Waals surface area contributed by atoms with Crippen molar-refractivity contribution >= 4 is 34.8 Å². The molecule has 0 aliphatic carbocycles. The second kappa shape index (κ2) is 7.68. The first-order valence-corrected chi connectivity index (χ1v) is 9.76. The molecule has 0 fully saturated rings. The highest BCUT2D eigenvalue weighted by atomic mass is 35.5. The molecule has 2 amide bonds. The summed E-state index contributed by atoms with van der Waals surface area (Å²) in [4.78, 5) is 28.0. The number of aryl methyl sites for hydroxylation is 2. The Morgan fingerprint density at radius 2 is 1.83 bits per heavy atom. The zero-order valence-electron chi connectivity index (χ0n) is 16.2. The van der Waals surface area contributed by atoms with Crippen LogP contribution in [0.5, 0.6) is 0 Å². The highest BCUT2D eigenvalue weighted by Crippen LogP contribution is 2.31. The van der Waals surface area contributed by atoms with Crippen molar-refractivity contribution < 1.29 is 14.2 Å². The van der Waals surface area contributed by atoms with Gasteiger partial charge in [-0.2, -0.15) is 4.57 Å². The third kappa shape index (κ3) is 3.74. The van der Waals surface area contributed by atoms with Gasteiger partial charge in [-0.1, -0.05) is 23.7 Å². The van der Waals surface area contributed by atoms with Crippen molar-refractivity contribution in [2.24, 2.45) is 0 Å². The molecule has 2 aromatic carbocycles. The molecule has 0 radical (unpaired) electrons. The van der Waals surface area contributed by atoms with Crippen molar-refractivity contribution in [2.75, 3.05) is 10.2 Å². The SMILES string of the molecule is Cc1ccc(N2C(=O)C[n+]3ccccc3[C@@H]2C(=O)Nc2ccc(Cl)cc2)cc1C. The topological polar surface area (TPSA) is 53.3 Å². The molecule has 5 nitrogen and oxygen atoms in total. The van der Waals surface area contributed by atoms with E-state index in [0.717, 1.165) is 16.8 Å². The second-order valence-corrected chi connectivity index (χ2v) is 7.62. The lowest BCUT2D eigenvalue weighted by Crippen LogP contribution is -2.58. The van der Waals surface area contributed by atoms with E-state index >= 15 is 0 Å². The highest BCUT2D eigenvalue weighted by molar-refractivity contribution is 6.30. The van der Waals surface area contributed by atoms with Crippen LogP contribution in [0.1, 0.15) is 22.9 Å². The van der Waals surface area contributed by atoms with Crippen molar-refractivity contribution in [1.29, 1.82) is 0 Å². The van der Waals surface area contributed by atoms with Gasteiger partial charge in [0.15, 0.2) is 6.20 Å². The maximum absolute atomic E-state index is 13.3. The van der Waals surface area contributed by atoms with Gasteiger partial charge in [-0.15, -0.1) is 0 Å². The predicted molar refractivity (Wildman–Crippen MR) is 113 cm³/mol. The molecule has 1 aliphatic heterocycles. The van der Waals surface area contributed by atoms with Crippen LogP contribution in [0.4, 0.5) is 11.4 Å². The number of halogens is 1. The summed E-state index contributed by atoms with van der Waals surface area (Å²) in [6.45, 7) is 4.21. The summed E-state index contributed by atoms with van der Waals surface area (Å²) in [6, 6.07) is 17.6. The molecule has 1 aliphatic rings. The largest absolute Gasteiger partial charge is 0.324 e. The first-order chi connectivity index (χ1) is 13.9. The minimum atomic E-state index is -0.782. The Balaban J connectivity index is 1.78. The lowest BCUT2D eigenvalue weighted by Gasteiger charge is -2.32. The Morgan fingerprint density at radius 3 is 2.55 bits per heavy atom. The minimum absolute atomic E-state index is 0.131. The number of hydrogen-bond acceptors (Lipinski definition) is 2. The van der Waals surface area contributed by atoms with Gasteiger partial charge in [0.05, 0.1) is 0 Å². The fourth-order valence-electron chi connectivity index (χ4n) is 3.54. The fraction of sp³-hybridized carbons (Fsp3) is 0.174. The first kappa shape index (κ1) is 19.2. The first-order valence-electron chi connectivity index (χ1n) is 9.38. The Labute approximate surface area is 174 Å². The van der Waals surface area contributed by atoms with Gasteiger partial charge in [-0.3, -0.25) is 14.5 Å². The van der Waals surface area contributed by atoms with Crippen molar-refractivity contribution in [2.45, 2.75) is 26.4 Å². The number of amides is 2. The highest BCUT2D eigenvalue weighted by Gasteiger charge is 2.43. The summed E-state index contributed by atoms with van der Waals surface area (Å²) in [5.41, 5.74) is 4.30. The number of rotatable bonds is 3. The third-order valence-corrected chi connectivity index (χ3v) is 5.47. The molecule has 6 heteroatoms. The molecule has 146 valence electrons. The van der Waals surface area contributed by atoms with Crippen LogP contribution in [-0.4, -0.2) is 11.8 Å². The lowest BCUT2D eigenvalue weighted by molar-refractivity contribution is -0.695. The van der Waals surface area contributed by atoms with E-state index in [1.807, 2.05) is 61.0 Å². The molecule has 0 bridgehead atoms. The van der Waals surface area contributed by atoms with Crippen LogP contribution in [0.3, 0.4) is 0 Å². The normalized spacial score (nSPS) is 15.8. The molecule has 0 spiro atoms. The van der Waals surface area contributed by atoms with Gasteiger partial charge in [0.25, 0.3) is 11.8 Å². The van der Waals surface area contributed by atoms with Crippen LogP contribution in [0.2, 0.25) is 5.02 Å². The number of nitrogens with one attached hydrogen (secondary N) is 1. The van der Waals surface area contributed by atoms with Gasteiger partial charge in [0.1, 0.15) is 0 Å². The fourth-order valence-corrected chi connectivity index (χ4v) is 3.67. The van der Waals surface area contributed by atoms with Crippen LogP contribution in [-0.2, 0) is 16.1 Å². The number of carbonyl (C=O) groups excluding carboxylic acids is 2. The number of carbonyl (C=O) groups is 2. The number of anilines is 2. The van der Waals surface area contributed by atoms with E-state index in [2.05, 4.69) is 5.32 Å². The Hall–Kier alpha value is -3.18. The van der Waals surface area contributed by atoms with E-state index < -0.39 is 6.04 Å². The smallest absolute Gasteiger partial charge is 0.294 e. The molecule has 1 N–H and O–H groups in total. The number of nitrogens with zero attached hydrogens (tertiary/aromatic N) is 2. The van der Waals surface area contributed by atoms with Crippen LogP contribution < -0.4 is 14.8 Å². The maximum atomic E-state index is 13.3. The molecule has 1 atom stereocenters. The molecule has 0 unspecified atom stereocenters. The van der Waals surface area contributed by atoms with E-state index in [0.29, 0.717) is 16.4 Å². The van der Waals surface area contributed by atoms with Crippen LogP contribution in [0.25, 0.3) is 0 Å². The molecule has 4 rings (SSSR count). The van der Waals surface area contributed by atoms with Gasteiger partial charge in [0.2, 0.25) is 18.3 Å². The minimum Gasteiger partial charge on any atom is -0.324 e. The van der Waals surface area contributed by atoms with E-state index in [4.69, 9.17) is 11.6 Å². The number of benzene rings is 2. The van der Waals surface area contributed by atoms with Gasteiger partial charge < -0.3 is 5.32 Å². The van der Waals surface area contributed by atoms with Crippen molar-refractivity contribution in [3.8, 4) is 0 Å². The van der Waals surface area contributed by atoms with E-state index in [1.54, 1.807) is 29.2 Å². The molecular formula is C23H21ClN3O2+. The number of pyridine rings is 1. The zero-order valence-corrected chi connectivity index (χ0v) is 17.0. The summed E-state index contributed by atoms with van der Waals surface area (Å²) >= 11 is 5.94. The number of hydrogen-bond donors (Lipinski definition) is 1. The van der Waals surface area contributed by atoms with Gasteiger partial charge >= 0.3 is 0 Å². The predicted octanol–water partition coefficient (Wildman–Crippen LogP) is 3.97. The summed E-state index contributed by atoms with van der Waals surface area (Å²) in [7, 11) is 0. The monoisotopic (exact) mass is 406 g/mol. The maximum Gasteiger partial charge on any atom is 0.294 e. The summed E-state index contributed by atoms with van der Waals surface area (Å²) in [5, 5.41) is 3.51. The molecule has 3 aromatic rings. The zero-order chi connectivity index (χ0) is 20.5. The number of aromatic nitrogens is 1. The van der Waals surface area contributed by atoms with E-state index in [9.17, 15) is 9.59 Å². The molecule has 1 aromatic heterocycles. The molecular weight excluding hydrogens is 386 g/mol. The number of fused-ring (bicyclic) bond motifs is 1. The molecule has 0 saturated carbocycles. The molecule has 29 heavy (non-hydrogen) atoms. The third-order valence-electron chi connectivity index (χ3n) is 5.22. The average molecular weight is 407 g/mol. The van der Waals surface area contributed by atoms with Gasteiger partial charge in [-0.25, -0.2) is 0 Å². The van der Waals surface area contributed by atoms with Crippen LogP contribution in [0, 0.1) is 13.8 Å². The lowest BCUT2D eigenvalue weighted by atomic mass is 10.0. The Kier molecular flexibility index (Phi) is 5.07. The van der Waals surface area contributed by atoms with Crippen molar-refractivity contribution in [1.82, 2.24) is 0 Å². The molecule has 0 saturated heterocycles. The second-order valence-electron chi connectivity index (χ2n) is 7.18. The summed E-state index contributed by atoms with van der Waals surface area (Å²) < 4.78 is 1.83. The van der Waals surface area contributed by atoms with E-state index in [-0.39, 0.29) is 18.4 Å². The van der Waals surface area contributed by atoms with E-state index in [1.165, 1.54) is 0 Å². The molecule has 2 heterocycles. The van der Waals surface area contributed by atoms with Crippen molar-refractivity contribution in [3.05, 3.63) is 88.7 Å². The quantitative estimate of drug-likeness (QED) is 0.669. The Morgan fingerprint density at radius 1 is 1.07 bits per heavy atom. The Bertz CT molecular complexity index is 1100. The summed E-state index contributed by atoms with van der Waals surface area (Å²) in [6.07, 6.45) is 1.83. The van der Waals surface area contributed by atoms with Gasteiger partial charge in [0, 0.05) is 28.5 Å². The van der Waals surface area contributed by atoms with Gasteiger partial charge in [-0.05, 0) is 61.4 Å². The van der Waals surface area contributed by atoms with Crippen LogP contribution >= 0.6 is 11.6 Å². The van der Waals surface area contributed by atoms with Crippen LogP contribution in [0.15, 0.2) is 66.9 Å². The van der Waals surface area contributed by atoms with Crippen molar-refractivity contribution in [3.63, 3.8) is 0 Å². The standard InChI is InChI=1S/C23H20ClN3O2/c1-15-6-11-19(13-16(15)2)27-21(28)14-26-12-4-3-5-20(26)22(27)23(29)25-18-9-7-17(24)8-10-18/h3-13,22H,14H2,1-2H3/p+1/t22-/m1/s1. The average Bonchev–Trinajstić information content (AvgIpc) is 2.71. The summed E-state index contributed by atoms with van der Waals surface area (Å²) in [5.74, 6) is -0.410.